The summed E-state index contributed by atoms with van der Waals surface area (Å²) in [7, 11) is 0. The molecule has 0 saturated carbocycles. The highest BCUT2D eigenvalue weighted by molar-refractivity contribution is 5.83. The Kier molecular flexibility index (Phi) is 8.71. The molecular weight excluding hydrogens is 763 g/mol. The van der Waals surface area contributed by atoms with Crippen LogP contribution in [0.4, 0.5) is 0 Å². The van der Waals surface area contributed by atoms with Crippen LogP contribution in [0.5, 0.6) is 0 Å². The molecule has 0 bridgehead atoms. The third kappa shape index (κ3) is 6.23. The van der Waals surface area contributed by atoms with Gasteiger partial charge in [-0.2, -0.15) is 0 Å². The van der Waals surface area contributed by atoms with Gasteiger partial charge in [-0.15, -0.1) is 0 Å². The van der Waals surface area contributed by atoms with E-state index in [1.165, 1.54) is 90.7 Å². The molecule has 0 spiro atoms. The Hall–Kier alpha value is -6.84. The van der Waals surface area contributed by atoms with Crippen molar-refractivity contribution in [2.75, 3.05) is 0 Å². The molecule has 0 saturated heterocycles. The fraction of sp³-hybridized carbons (Fsp3) is 0.200. The van der Waals surface area contributed by atoms with Gasteiger partial charge in [0.15, 0.2) is 0 Å². The zero-order valence-corrected chi connectivity index (χ0v) is 35.7. The van der Waals surface area contributed by atoms with Gasteiger partial charge in [0.25, 0.3) is 0 Å². The van der Waals surface area contributed by atoms with E-state index in [0.717, 1.165) is 37.8 Å². The second kappa shape index (κ2) is 14.9. The first-order chi connectivity index (χ1) is 31.2. The lowest BCUT2D eigenvalue weighted by atomic mass is 9.73. The number of aromatic nitrogens is 3. The van der Waals surface area contributed by atoms with Crippen LogP contribution in [-0.2, 0) is 0 Å². The molecular formula is C60H51N3. The van der Waals surface area contributed by atoms with Crippen LogP contribution in [-0.4, -0.2) is 13.7 Å². The summed E-state index contributed by atoms with van der Waals surface area (Å²) in [5.74, 6) is 1.95. The number of benzene rings is 2. The SMILES string of the molecule is C1=CC2=CC3=C(C=CCC3c3cccn3-c3cc(-n4cccc4C4=CCCC5=C4CC4CCC=CC4=C5)cc(-n4cccc4C4=CC=CC5C=c6ccccc6=CC45)c3)CC2C=C1. The second-order valence-electron chi connectivity index (χ2n) is 18.7. The molecule has 3 heteroatoms. The highest BCUT2D eigenvalue weighted by atomic mass is 15.0. The van der Waals surface area contributed by atoms with E-state index in [4.69, 9.17) is 0 Å². The average Bonchev–Trinajstić information content (AvgIpc) is 4.14. The lowest BCUT2D eigenvalue weighted by molar-refractivity contribution is 0.550. The molecule has 8 aliphatic carbocycles. The summed E-state index contributed by atoms with van der Waals surface area (Å²) >= 11 is 0. The quantitative estimate of drug-likeness (QED) is 0.162. The maximum absolute atomic E-state index is 2.53. The van der Waals surface area contributed by atoms with Crippen molar-refractivity contribution >= 4 is 23.3 Å². The molecule has 3 aromatic heterocycles. The van der Waals surface area contributed by atoms with E-state index >= 15 is 0 Å². The van der Waals surface area contributed by atoms with Gasteiger partial charge in [0.1, 0.15) is 0 Å². The summed E-state index contributed by atoms with van der Waals surface area (Å²) in [5.41, 5.74) is 19.2. The van der Waals surface area contributed by atoms with Crippen molar-refractivity contribution in [3.05, 3.63) is 243 Å². The third-order valence-electron chi connectivity index (χ3n) is 15.1. The number of allylic oxidation sites excluding steroid dienone is 22. The molecule has 3 nitrogen and oxygen atoms in total. The largest absolute Gasteiger partial charge is 0.320 e. The molecule has 0 aliphatic heterocycles. The van der Waals surface area contributed by atoms with Gasteiger partial charge in [0.05, 0.1) is 5.69 Å². The molecule has 8 aliphatic rings. The average molecular weight is 814 g/mol. The minimum Gasteiger partial charge on any atom is -0.320 e. The van der Waals surface area contributed by atoms with E-state index in [1.807, 2.05) is 0 Å². The van der Waals surface area contributed by atoms with Crippen molar-refractivity contribution in [3.8, 4) is 17.1 Å². The second-order valence-corrected chi connectivity index (χ2v) is 18.7. The zero-order valence-electron chi connectivity index (χ0n) is 35.7. The Bertz CT molecular complexity index is 3230. The maximum atomic E-state index is 2.53. The third-order valence-corrected chi connectivity index (χ3v) is 15.1. The van der Waals surface area contributed by atoms with Gasteiger partial charge < -0.3 is 13.7 Å². The van der Waals surface area contributed by atoms with Crippen LogP contribution in [0.15, 0.2) is 216 Å². The molecule has 0 radical (unpaired) electrons. The van der Waals surface area contributed by atoms with Crippen LogP contribution in [0.1, 0.15) is 67.9 Å². The molecule has 5 aromatic rings. The van der Waals surface area contributed by atoms with Gasteiger partial charge in [-0.1, -0.05) is 121 Å². The van der Waals surface area contributed by atoms with Crippen LogP contribution in [0.2, 0.25) is 0 Å². The Morgan fingerprint density at radius 1 is 0.603 bits per heavy atom. The van der Waals surface area contributed by atoms with Crippen molar-refractivity contribution in [3.63, 3.8) is 0 Å². The Balaban J connectivity index is 0.953. The van der Waals surface area contributed by atoms with Gasteiger partial charge in [0.2, 0.25) is 0 Å². The summed E-state index contributed by atoms with van der Waals surface area (Å²) in [6.45, 7) is 0. The fourth-order valence-corrected chi connectivity index (χ4v) is 12.1. The van der Waals surface area contributed by atoms with Crippen molar-refractivity contribution in [1.29, 1.82) is 0 Å². The first-order valence-corrected chi connectivity index (χ1v) is 23.3. The molecule has 5 atom stereocenters. The predicted octanol–water partition coefficient (Wildman–Crippen LogP) is 12.7. The van der Waals surface area contributed by atoms with Crippen molar-refractivity contribution < 1.29 is 0 Å². The topological polar surface area (TPSA) is 14.8 Å². The van der Waals surface area contributed by atoms with Crippen LogP contribution < -0.4 is 10.4 Å². The highest BCUT2D eigenvalue weighted by Gasteiger charge is 2.32. The van der Waals surface area contributed by atoms with E-state index in [0.29, 0.717) is 17.8 Å². The predicted molar refractivity (Wildman–Crippen MR) is 260 cm³/mol. The Morgan fingerprint density at radius 2 is 1.40 bits per heavy atom. The minimum absolute atomic E-state index is 0.263. The summed E-state index contributed by atoms with van der Waals surface area (Å²) in [6, 6.07) is 29.9. The smallest absolute Gasteiger partial charge is 0.0528 e. The lowest BCUT2D eigenvalue weighted by Crippen LogP contribution is -2.33. The first-order valence-electron chi connectivity index (χ1n) is 23.3. The summed E-state index contributed by atoms with van der Waals surface area (Å²) in [5, 5.41) is 2.64. The molecule has 5 unspecified atom stereocenters. The molecule has 2 aromatic carbocycles. The standard InChI is InChI=1S/C60H51N3/c1-4-16-43-34-55-46(31-40(43)13-1)19-7-22-52(55)58-25-10-28-61(58)49-37-50(62-29-11-26-59(62)53-23-8-20-47-32-41-14-2-5-17-44(41)35-56(47)53)39-51(38-49)63-30-12-27-60(63)54-24-9-21-48-33-42-15-3-6-18-45(42)36-57(48)54/h1-5,7-8,10-17,19-20,22,24-31,33-35,37-39,41,45-46,53,55H,6,9,18,21,23,32,36H2. The number of hydrogen-bond acceptors (Lipinski definition) is 0. The van der Waals surface area contributed by atoms with E-state index < -0.39 is 0 Å². The molecule has 3 heterocycles. The van der Waals surface area contributed by atoms with Gasteiger partial charge >= 0.3 is 0 Å². The monoisotopic (exact) mass is 813 g/mol. The van der Waals surface area contributed by atoms with E-state index in [2.05, 4.69) is 208 Å². The van der Waals surface area contributed by atoms with Crippen LogP contribution >= 0.6 is 0 Å². The fourth-order valence-electron chi connectivity index (χ4n) is 12.1. The van der Waals surface area contributed by atoms with Gasteiger partial charge in [-0.3, -0.25) is 0 Å². The molecule has 0 fully saturated rings. The summed E-state index contributed by atoms with van der Waals surface area (Å²) < 4.78 is 7.40. The maximum Gasteiger partial charge on any atom is 0.0528 e. The molecule has 306 valence electrons. The molecule has 13 rings (SSSR count). The number of hydrogen-bond donors (Lipinski definition) is 0. The van der Waals surface area contributed by atoms with Crippen molar-refractivity contribution in [2.24, 2.45) is 23.7 Å². The van der Waals surface area contributed by atoms with Crippen LogP contribution in [0, 0.1) is 23.7 Å². The van der Waals surface area contributed by atoms with E-state index in [-0.39, 0.29) is 11.8 Å². The zero-order chi connectivity index (χ0) is 41.4. The molecule has 0 amide bonds. The molecule has 63 heavy (non-hydrogen) atoms. The number of fused-ring (bicyclic) bond motifs is 4. The highest BCUT2D eigenvalue weighted by Crippen LogP contribution is 2.47. The van der Waals surface area contributed by atoms with Crippen molar-refractivity contribution in [2.45, 2.75) is 50.9 Å². The Labute approximate surface area is 370 Å². The van der Waals surface area contributed by atoms with Crippen LogP contribution in [0.25, 0.3) is 40.4 Å². The Morgan fingerprint density at radius 3 is 2.29 bits per heavy atom. The van der Waals surface area contributed by atoms with Crippen molar-refractivity contribution in [1.82, 2.24) is 13.7 Å². The minimum atomic E-state index is 0.263. The first kappa shape index (κ1) is 36.8. The number of rotatable bonds is 6. The summed E-state index contributed by atoms with van der Waals surface area (Å²) in [6.07, 6.45) is 52.8. The summed E-state index contributed by atoms with van der Waals surface area (Å²) in [4.78, 5) is 0. The molecule has 0 N–H and O–H groups in total. The van der Waals surface area contributed by atoms with E-state index in [9.17, 15) is 0 Å². The number of nitrogens with zero attached hydrogens (tertiary/aromatic N) is 3. The van der Waals surface area contributed by atoms with Gasteiger partial charge in [0, 0.05) is 70.7 Å². The van der Waals surface area contributed by atoms with Crippen LogP contribution in [0.3, 0.4) is 0 Å². The normalized spacial score (nSPS) is 25.0. The lowest BCUT2D eigenvalue weighted by Gasteiger charge is -2.32. The van der Waals surface area contributed by atoms with Gasteiger partial charge in [-0.05, 0) is 160 Å². The van der Waals surface area contributed by atoms with E-state index in [1.54, 1.807) is 5.57 Å². The van der Waals surface area contributed by atoms with Gasteiger partial charge in [-0.25, -0.2) is 0 Å².